The Morgan fingerprint density at radius 2 is 2.06 bits per heavy atom. The highest BCUT2D eigenvalue weighted by atomic mass is 16.5. The van der Waals surface area contributed by atoms with Gasteiger partial charge in [-0.05, 0) is 0 Å². The molecule has 18 heavy (non-hydrogen) atoms. The number of hydrogen-bond donors (Lipinski definition) is 2. The van der Waals surface area contributed by atoms with Crippen molar-refractivity contribution in [3.63, 3.8) is 0 Å². The maximum atomic E-state index is 5.02. The van der Waals surface area contributed by atoms with Crippen LogP contribution < -0.4 is 10.6 Å². The molecule has 0 unspecified atom stereocenters. The zero-order chi connectivity index (χ0) is 13.0. The van der Waals surface area contributed by atoms with Crippen molar-refractivity contribution in [2.45, 2.75) is 26.3 Å². The van der Waals surface area contributed by atoms with Crippen LogP contribution in [0.15, 0.2) is 22.9 Å². The molecule has 0 aliphatic carbocycles. The molecule has 2 N–H and O–H groups in total. The molecule has 96 valence electrons. The quantitative estimate of drug-likeness (QED) is 0.844. The lowest BCUT2D eigenvalue weighted by Crippen LogP contribution is -2.07. The Kier molecular flexibility index (Phi) is 3.76. The molecule has 0 bridgehead atoms. The fraction of sp³-hybridized carbons (Fsp3) is 0.417. The van der Waals surface area contributed by atoms with Crippen LogP contribution in [0.25, 0.3) is 0 Å². The van der Waals surface area contributed by atoms with Gasteiger partial charge in [-0.1, -0.05) is 19.0 Å². The molecule has 6 heteroatoms. The molecule has 0 amide bonds. The van der Waals surface area contributed by atoms with Gasteiger partial charge in [0.1, 0.15) is 17.5 Å². The second-order valence-electron chi connectivity index (χ2n) is 4.23. The molecule has 0 aromatic carbocycles. The van der Waals surface area contributed by atoms with Gasteiger partial charge in [-0.15, -0.1) is 0 Å². The summed E-state index contributed by atoms with van der Waals surface area (Å²) < 4.78 is 5.02. The molecule has 2 aromatic heterocycles. The third-order valence-corrected chi connectivity index (χ3v) is 2.45. The van der Waals surface area contributed by atoms with Gasteiger partial charge in [0.25, 0.3) is 0 Å². The Morgan fingerprint density at radius 3 is 2.67 bits per heavy atom. The lowest BCUT2D eigenvalue weighted by molar-refractivity contribution is 0.388. The molecular formula is C12H17N5O. The minimum absolute atomic E-state index is 0.282. The Labute approximate surface area is 106 Å². The minimum atomic E-state index is 0.282. The minimum Gasteiger partial charge on any atom is -0.373 e. The average Bonchev–Trinajstić information content (AvgIpc) is 2.89. The SMILES string of the molecule is CNc1cc(NCc2ccno2)nc(C(C)C)n1. The van der Waals surface area contributed by atoms with Crippen LogP contribution in [0.3, 0.4) is 0 Å². The Morgan fingerprint density at radius 1 is 1.28 bits per heavy atom. The van der Waals surface area contributed by atoms with Crippen molar-refractivity contribution in [1.82, 2.24) is 15.1 Å². The first-order valence-corrected chi connectivity index (χ1v) is 5.89. The smallest absolute Gasteiger partial charge is 0.155 e. The number of hydrogen-bond acceptors (Lipinski definition) is 6. The first-order valence-electron chi connectivity index (χ1n) is 5.89. The summed E-state index contributed by atoms with van der Waals surface area (Å²) in [5.74, 6) is 3.43. The number of nitrogens with zero attached hydrogens (tertiary/aromatic N) is 3. The number of aromatic nitrogens is 3. The van der Waals surface area contributed by atoms with Gasteiger partial charge in [0.05, 0.1) is 12.7 Å². The first-order chi connectivity index (χ1) is 8.69. The fourth-order valence-electron chi connectivity index (χ4n) is 1.45. The molecule has 0 fully saturated rings. The second kappa shape index (κ2) is 5.48. The molecule has 6 nitrogen and oxygen atoms in total. The molecular weight excluding hydrogens is 230 g/mol. The fourth-order valence-corrected chi connectivity index (χ4v) is 1.45. The standard InChI is InChI=1S/C12H17N5O/c1-8(2)12-16-10(13-3)6-11(17-12)14-7-9-4-5-15-18-9/h4-6,8H,7H2,1-3H3,(H2,13,14,16,17). The van der Waals surface area contributed by atoms with Gasteiger partial charge in [-0.2, -0.15) is 0 Å². The normalized spacial score (nSPS) is 10.7. The predicted molar refractivity (Wildman–Crippen MR) is 69.5 cm³/mol. The maximum Gasteiger partial charge on any atom is 0.155 e. The zero-order valence-electron chi connectivity index (χ0n) is 10.8. The van der Waals surface area contributed by atoms with Crippen LogP contribution in [0.1, 0.15) is 31.4 Å². The number of rotatable bonds is 5. The van der Waals surface area contributed by atoms with Crippen molar-refractivity contribution in [3.05, 3.63) is 29.9 Å². The van der Waals surface area contributed by atoms with E-state index in [1.54, 1.807) is 6.20 Å². The summed E-state index contributed by atoms with van der Waals surface area (Å²) in [6.07, 6.45) is 1.62. The summed E-state index contributed by atoms with van der Waals surface area (Å²) in [7, 11) is 1.84. The molecule has 0 spiro atoms. The summed E-state index contributed by atoms with van der Waals surface area (Å²) in [6, 6.07) is 3.68. The zero-order valence-corrected chi connectivity index (χ0v) is 10.8. The Balaban J connectivity index is 2.13. The van der Waals surface area contributed by atoms with Gasteiger partial charge in [0, 0.05) is 25.1 Å². The molecule has 2 heterocycles. The van der Waals surface area contributed by atoms with E-state index >= 15 is 0 Å². The highest BCUT2D eigenvalue weighted by molar-refractivity contribution is 5.47. The van der Waals surface area contributed by atoms with Gasteiger partial charge < -0.3 is 15.2 Å². The Bertz CT molecular complexity index is 495. The van der Waals surface area contributed by atoms with Gasteiger partial charge in [-0.25, -0.2) is 9.97 Å². The first kappa shape index (κ1) is 12.3. The summed E-state index contributed by atoms with van der Waals surface area (Å²) in [5.41, 5.74) is 0. The molecule has 0 radical (unpaired) electrons. The van der Waals surface area contributed by atoms with E-state index in [0.29, 0.717) is 6.54 Å². The molecule has 2 rings (SSSR count). The average molecular weight is 247 g/mol. The second-order valence-corrected chi connectivity index (χ2v) is 4.23. The third kappa shape index (κ3) is 2.97. The monoisotopic (exact) mass is 247 g/mol. The van der Waals surface area contributed by atoms with E-state index < -0.39 is 0 Å². The Hall–Kier alpha value is -2.11. The van der Waals surface area contributed by atoms with Gasteiger partial charge in [0.2, 0.25) is 0 Å². The molecule has 0 aliphatic rings. The maximum absolute atomic E-state index is 5.02. The van der Waals surface area contributed by atoms with E-state index in [1.807, 2.05) is 19.2 Å². The lowest BCUT2D eigenvalue weighted by atomic mass is 10.2. The van der Waals surface area contributed by atoms with E-state index in [1.165, 1.54) is 0 Å². The van der Waals surface area contributed by atoms with Crippen molar-refractivity contribution in [1.29, 1.82) is 0 Å². The van der Waals surface area contributed by atoms with Crippen LogP contribution in [0.5, 0.6) is 0 Å². The molecule has 0 atom stereocenters. The molecule has 0 saturated heterocycles. The van der Waals surface area contributed by atoms with Crippen LogP contribution in [-0.2, 0) is 6.54 Å². The van der Waals surface area contributed by atoms with Crippen molar-refractivity contribution in [3.8, 4) is 0 Å². The largest absolute Gasteiger partial charge is 0.373 e. The van der Waals surface area contributed by atoms with Crippen LogP contribution in [0.4, 0.5) is 11.6 Å². The summed E-state index contributed by atoms with van der Waals surface area (Å²) in [4.78, 5) is 8.85. The molecule has 0 saturated carbocycles. The van der Waals surface area contributed by atoms with E-state index in [-0.39, 0.29) is 5.92 Å². The predicted octanol–water partition coefficient (Wildman–Crippen LogP) is 2.24. The summed E-state index contributed by atoms with van der Waals surface area (Å²) >= 11 is 0. The number of anilines is 2. The van der Waals surface area contributed by atoms with E-state index in [4.69, 9.17) is 4.52 Å². The van der Waals surface area contributed by atoms with E-state index in [9.17, 15) is 0 Å². The third-order valence-electron chi connectivity index (χ3n) is 2.45. The van der Waals surface area contributed by atoms with Crippen molar-refractivity contribution >= 4 is 11.6 Å². The lowest BCUT2D eigenvalue weighted by Gasteiger charge is -2.10. The van der Waals surface area contributed by atoms with Crippen LogP contribution in [-0.4, -0.2) is 22.2 Å². The summed E-state index contributed by atoms with van der Waals surface area (Å²) in [5, 5.41) is 9.87. The van der Waals surface area contributed by atoms with E-state index in [0.717, 1.165) is 23.2 Å². The van der Waals surface area contributed by atoms with Crippen LogP contribution >= 0.6 is 0 Å². The van der Waals surface area contributed by atoms with Crippen molar-refractivity contribution < 1.29 is 4.52 Å². The molecule has 0 aliphatic heterocycles. The van der Waals surface area contributed by atoms with Crippen molar-refractivity contribution in [2.24, 2.45) is 0 Å². The number of nitrogens with one attached hydrogen (secondary N) is 2. The van der Waals surface area contributed by atoms with Crippen LogP contribution in [0.2, 0.25) is 0 Å². The molecule has 2 aromatic rings. The van der Waals surface area contributed by atoms with Gasteiger partial charge in [-0.3, -0.25) is 0 Å². The summed E-state index contributed by atoms with van der Waals surface area (Å²) in [6.45, 7) is 4.68. The topological polar surface area (TPSA) is 75.9 Å². The van der Waals surface area contributed by atoms with Gasteiger partial charge in [0.15, 0.2) is 5.76 Å². The highest BCUT2D eigenvalue weighted by Crippen LogP contribution is 2.17. The van der Waals surface area contributed by atoms with E-state index in [2.05, 4.69) is 39.6 Å². The van der Waals surface area contributed by atoms with Crippen LogP contribution in [0, 0.1) is 0 Å². The highest BCUT2D eigenvalue weighted by Gasteiger charge is 2.07. The van der Waals surface area contributed by atoms with Crippen molar-refractivity contribution in [2.75, 3.05) is 17.7 Å². The van der Waals surface area contributed by atoms with Gasteiger partial charge >= 0.3 is 0 Å².